The number of hydrogen-bond donors (Lipinski definition) is 3. The van der Waals surface area contributed by atoms with Gasteiger partial charge >= 0.3 is 0 Å². The monoisotopic (exact) mass is 188 g/mol. The van der Waals surface area contributed by atoms with Gasteiger partial charge < -0.3 is 16.2 Å². The highest BCUT2D eigenvalue weighted by atomic mass is 16.3. The normalized spacial score (nSPS) is 15.7. The summed E-state index contributed by atoms with van der Waals surface area (Å²) in [6.45, 7) is 6.22. The smallest absolute Gasteiger partial charge is 0.0434 e. The number of rotatable bonds is 8. The molecule has 0 aromatic rings. The molecule has 3 nitrogen and oxygen atoms in total. The lowest BCUT2D eigenvalue weighted by Crippen LogP contribution is -2.36. The minimum absolute atomic E-state index is 0.295. The Morgan fingerprint density at radius 2 is 2.08 bits per heavy atom. The van der Waals surface area contributed by atoms with Crippen LogP contribution in [0.3, 0.4) is 0 Å². The molecule has 0 spiro atoms. The Morgan fingerprint density at radius 1 is 1.38 bits per heavy atom. The molecule has 0 saturated heterocycles. The van der Waals surface area contributed by atoms with E-state index in [0.717, 1.165) is 13.0 Å². The van der Waals surface area contributed by atoms with E-state index in [-0.39, 0.29) is 0 Å². The Hall–Kier alpha value is -0.120. The van der Waals surface area contributed by atoms with Crippen molar-refractivity contribution in [3.05, 3.63) is 0 Å². The molecule has 2 unspecified atom stereocenters. The molecule has 2 atom stereocenters. The molecule has 80 valence electrons. The van der Waals surface area contributed by atoms with Crippen LogP contribution in [-0.4, -0.2) is 30.8 Å². The summed E-state index contributed by atoms with van der Waals surface area (Å²) >= 11 is 0. The van der Waals surface area contributed by atoms with Crippen molar-refractivity contribution in [1.82, 2.24) is 5.32 Å². The van der Waals surface area contributed by atoms with Crippen molar-refractivity contribution in [2.75, 3.05) is 19.7 Å². The van der Waals surface area contributed by atoms with E-state index in [9.17, 15) is 0 Å². The molecule has 0 radical (unpaired) electrons. The summed E-state index contributed by atoms with van der Waals surface area (Å²) in [7, 11) is 0. The Balaban J connectivity index is 3.55. The maximum absolute atomic E-state index is 8.83. The SMILES string of the molecule is CCCC(CCO)CNC(C)CN. The van der Waals surface area contributed by atoms with Crippen LogP contribution in [0.2, 0.25) is 0 Å². The zero-order valence-corrected chi connectivity index (χ0v) is 8.92. The molecule has 0 heterocycles. The molecule has 13 heavy (non-hydrogen) atoms. The van der Waals surface area contributed by atoms with Gasteiger partial charge in [0.1, 0.15) is 0 Å². The standard InChI is InChI=1S/C10H24N2O/c1-3-4-10(5-6-13)8-12-9(2)7-11/h9-10,12-13H,3-8,11H2,1-2H3. The van der Waals surface area contributed by atoms with Crippen LogP contribution in [0.25, 0.3) is 0 Å². The minimum atomic E-state index is 0.295. The van der Waals surface area contributed by atoms with Crippen LogP contribution in [0.4, 0.5) is 0 Å². The largest absolute Gasteiger partial charge is 0.396 e. The zero-order valence-electron chi connectivity index (χ0n) is 8.92. The van der Waals surface area contributed by atoms with Crippen molar-refractivity contribution in [1.29, 1.82) is 0 Å². The summed E-state index contributed by atoms with van der Waals surface area (Å²) in [6.07, 6.45) is 3.27. The third-order valence-electron chi connectivity index (χ3n) is 2.34. The van der Waals surface area contributed by atoms with E-state index in [0.29, 0.717) is 25.1 Å². The van der Waals surface area contributed by atoms with Crippen LogP contribution in [0, 0.1) is 5.92 Å². The van der Waals surface area contributed by atoms with Crippen molar-refractivity contribution in [2.24, 2.45) is 11.7 Å². The summed E-state index contributed by atoms with van der Waals surface area (Å²) in [6, 6.07) is 0.387. The second-order valence-corrected chi connectivity index (χ2v) is 3.71. The first-order chi connectivity index (χ1) is 6.24. The van der Waals surface area contributed by atoms with Gasteiger partial charge in [0.15, 0.2) is 0 Å². The van der Waals surface area contributed by atoms with Crippen molar-refractivity contribution < 1.29 is 5.11 Å². The number of aliphatic hydroxyl groups is 1. The molecular weight excluding hydrogens is 164 g/mol. The molecule has 0 saturated carbocycles. The van der Waals surface area contributed by atoms with Crippen LogP contribution >= 0.6 is 0 Å². The summed E-state index contributed by atoms with van der Waals surface area (Å²) in [5.41, 5.74) is 5.49. The lowest BCUT2D eigenvalue weighted by molar-refractivity contribution is 0.246. The van der Waals surface area contributed by atoms with Crippen molar-refractivity contribution in [2.45, 2.75) is 39.2 Å². The molecule has 4 N–H and O–H groups in total. The fraction of sp³-hybridized carbons (Fsp3) is 1.00. The van der Waals surface area contributed by atoms with Crippen LogP contribution < -0.4 is 11.1 Å². The van der Waals surface area contributed by atoms with Gasteiger partial charge in [0.05, 0.1) is 0 Å². The van der Waals surface area contributed by atoms with Crippen LogP contribution in [-0.2, 0) is 0 Å². The summed E-state index contributed by atoms with van der Waals surface area (Å²) < 4.78 is 0. The summed E-state index contributed by atoms with van der Waals surface area (Å²) in [5.74, 6) is 0.601. The van der Waals surface area contributed by atoms with Gasteiger partial charge in [-0.2, -0.15) is 0 Å². The van der Waals surface area contributed by atoms with E-state index >= 15 is 0 Å². The summed E-state index contributed by atoms with van der Waals surface area (Å²) in [5, 5.41) is 12.2. The highest BCUT2D eigenvalue weighted by molar-refractivity contribution is 4.66. The number of aliphatic hydroxyl groups excluding tert-OH is 1. The van der Waals surface area contributed by atoms with E-state index in [1.807, 2.05) is 0 Å². The first-order valence-corrected chi connectivity index (χ1v) is 5.28. The Kier molecular flexibility index (Phi) is 8.40. The molecule has 0 fully saturated rings. The number of nitrogens with one attached hydrogen (secondary N) is 1. The number of nitrogens with two attached hydrogens (primary N) is 1. The average molecular weight is 188 g/mol. The molecule has 0 rings (SSSR count). The van der Waals surface area contributed by atoms with E-state index in [4.69, 9.17) is 10.8 Å². The van der Waals surface area contributed by atoms with Crippen molar-refractivity contribution in [3.8, 4) is 0 Å². The minimum Gasteiger partial charge on any atom is -0.396 e. The zero-order chi connectivity index (χ0) is 10.1. The van der Waals surface area contributed by atoms with Gasteiger partial charge in [0.25, 0.3) is 0 Å². The van der Waals surface area contributed by atoms with Gasteiger partial charge in [0, 0.05) is 19.2 Å². The van der Waals surface area contributed by atoms with Crippen molar-refractivity contribution in [3.63, 3.8) is 0 Å². The lowest BCUT2D eigenvalue weighted by Gasteiger charge is -2.18. The molecule has 0 aliphatic heterocycles. The second-order valence-electron chi connectivity index (χ2n) is 3.71. The quantitative estimate of drug-likeness (QED) is 0.526. The summed E-state index contributed by atoms with van der Waals surface area (Å²) in [4.78, 5) is 0. The van der Waals surface area contributed by atoms with E-state index in [1.54, 1.807) is 0 Å². The third kappa shape index (κ3) is 6.99. The highest BCUT2D eigenvalue weighted by Gasteiger charge is 2.07. The first-order valence-electron chi connectivity index (χ1n) is 5.28. The highest BCUT2D eigenvalue weighted by Crippen LogP contribution is 2.09. The topological polar surface area (TPSA) is 58.3 Å². The maximum Gasteiger partial charge on any atom is 0.0434 e. The molecule has 3 heteroatoms. The lowest BCUT2D eigenvalue weighted by atomic mass is 10.00. The van der Waals surface area contributed by atoms with Crippen molar-refractivity contribution >= 4 is 0 Å². The van der Waals surface area contributed by atoms with Gasteiger partial charge in [0.2, 0.25) is 0 Å². The fourth-order valence-electron chi connectivity index (χ4n) is 1.39. The Bertz CT molecular complexity index is 103. The Labute approximate surface area is 81.7 Å². The van der Waals surface area contributed by atoms with Crippen LogP contribution in [0.5, 0.6) is 0 Å². The third-order valence-corrected chi connectivity index (χ3v) is 2.34. The van der Waals surface area contributed by atoms with Crippen LogP contribution in [0.15, 0.2) is 0 Å². The van der Waals surface area contributed by atoms with Gasteiger partial charge in [-0.1, -0.05) is 13.3 Å². The number of hydrogen-bond acceptors (Lipinski definition) is 3. The Morgan fingerprint density at radius 3 is 2.54 bits per heavy atom. The maximum atomic E-state index is 8.83. The fourth-order valence-corrected chi connectivity index (χ4v) is 1.39. The molecule has 0 bridgehead atoms. The predicted octanol–water partition coefficient (Wildman–Crippen LogP) is 0.722. The molecular formula is C10H24N2O. The first kappa shape index (κ1) is 12.9. The van der Waals surface area contributed by atoms with Crippen LogP contribution in [0.1, 0.15) is 33.1 Å². The molecule has 0 aromatic heterocycles. The van der Waals surface area contributed by atoms with Gasteiger partial charge in [-0.05, 0) is 32.2 Å². The molecule has 0 aliphatic carbocycles. The van der Waals surface area contributed by atoms with E-state index in [1.165, 1.54) is 12.8 Å². The van der Waals surface area contributed by atoms with Gasteiger partial charge in [-0.15, -0.1) is 0 Å². The predicted molar refractivity (Wildman–Crippen MR) is 56.6 cm³/mol. The second kappa shape index (κ2) is 8.48. The van der Waals surface area contributed by atoms with E-state index in [2.05, 4.69) is 19.2 Å². The molecule has 0 aliphatic rings. The van der Waals surface area contributed by atoms with E-state index < -0.39 is 0 Å². The molecule has 0 amide bonds. The average Bonchev–Trinajstić information content (AvgIpc) is 2.14. The van der Waals surface area contributed by atoms with Gasteiger partial charge in [-0.25, -0.2) is 0 Å². The molecule has 0 aromatic carbocycles. The van der Waals surface area contributed by atoms with Gasteiger partial charge in [-0.3, -0.25) is 0 Å².